The van der Waals surface area contributed by atoms with Crippen molar-refractivity contribution >= 4 is 17.7 Å². The van der Waals surface area contributed by atoms with Gasteiger partial charge in [0.05, 0.1) is 6.10 Å². The highest BCUT2D eigenvalue weighted by molar-refractivity contribution is 6.07. The lowest BCUT2D eigenvalue weighted by molar-refractivity contribution is -0.133. The van der Waals surface area contributed by atoms with E-state index in [0.717, 1.165) is 19.4 Å². The molecule has 0 bridgehead atoms. The molecular weight excluding hydrogens is 226 g/mol. The van der Waals surface area contributed by atoms with Gasteiger partial charge in [-0.2, -0.15) is 0 Å². The highest BCUT2D eigenvalue weighted by Crippen LogP contribution is 2.11. The number of hydrogen-bond acceptors (Lipinski definition) is 4. The van der Waals surface area contributed by atoms with Gasteiger partial charge in [0.2, 0.25) is 5.91 Å². The van der Waals surface area contributed by atoms with Crippen LogP contribution in [0.4, 0.5) is 0 Å². The third-order valence-corrected chi connectivity index (χ3v) is 2.88. The van der Waals surface area contributed by atoms with Crippen LogP contribution in [-0.2, 0) is 19.1 Å². The first-order valence-corrected chi connectivity index (χ1v) is 5.65. The van der Waals surface area contributed by atoms with Gasteiger partial charge in [0.25, 0.3) is 11.8 Å². The number of carbonyl (C=O) groups is 3. The van der Waals surface area contributed by atoms with Gasteiger partial charge in [-0.15, -0.1) is 0 Å². The molecule has 0 aromatic carbocycles. The Labute approximate surface area is 98.2 Å². The average Bonchev–Trinajstić information content (AvgIpc) is 2.91. The van der Waals surface area contributed by atoms with Gasteiger partial charge in [-0.25, -0.2) is 0 Å². The van der Waals surface area contributed by atoms with Crippen LogP contribution in [0.25, 0.3) is 0 Å². The largest absolute Gasteiger partial charge is 0.376 e. The molecule has 0 spiro atoms. The average molecular weight is 241 g/mol. The Morgan fingerprint density at radius 2 is 2.06 bits per heavy atom. The fourth-order valence-corrected chi connectivity index (χ4v) is 1.89. The molecule has 3 N–H and O–H groups in total. The lowest BCUT2D eigenvalue weighted by Gasteiger charge is -2.11. The van der Waals surface area contributed by atoms with E-state index >= 15 is 0 Å². The standard InChI is InChI=1S/C10H15N3O4/c14-8(11-5-6-2-1-3-17-6)4-7-9(15)12-13-10(7)16/h6-7H,1-5H2,(H,11,14)(H,12,15)(H,13,16). The van der Waals surface area contributed by atoms with Gasteiger partial charge >= 0.3 is 0 Å². The topological polar surface area (TPSA) is 96.5 Å². The zero-order valence-electron chi connectivity index (χ0n) is 9.32. The minimum absolute atomic E-state index is 0.0604. The highest BCUT2D eigenvalue weighted by Gasteiger charge is 2.34. The van der Waals surface area contributed by atoms with E-state index in [0.29, 0.717) is 6.54 Å². The van der Waals surface area contributed by atoms with Crippen molar-refractivity contribution in [2.24, 2.45) is 5.92 Å². The van der Waals surface area contributed by atoms with Crippen molar-refractivity contribution in [1.29, 1.82) is 0 Å². The van der Waals surface area contributed by atoms with E-state index in [9.17, 15) is 14.4 Å². The predicted molar refractivity (Wildman–Crippen MR) is 56.4 cm³/mol. The number of rotatable bonds is 4. The van der Waals surface area contributed by atoms with E-state index in [1.165, 1.54) is 0 Å². The van der Waals surface area contributed by atoms with E-state index in [1.54, 1.807) is 0 Å². The molecule has 0 saturated carbocycles. The maximum atomic E-state index is 11.5. The predicted octanol–water partition coefficient (Wildman–Crippen LogP) is -1.55. The fraction of sp³-hybridized carbons (Fsp3) is 0.700. The summed E-state index contributed by atoms with van der Waals surface area (Å²) in [6.07, 6.45) is 1.88. The van der Waals surface area contributed by atoms with Crippen LogP contribution in [0, 0.1) is 5.92 Å². The molecule has 2 aliphatic heterocycles. The van der Waals surface area contributed by atoms with Crippen molar-refractivity contribution < 1.29 is 19.1 Å². The number of carbonyl (C=O) groups excluding carboxylic acids is 3. The van der Waals surface area contributed by atoms with Crippen LogP contribution >= 0.6 is 0 Å². The van der Waals surface area contributed by atoms with E-state index < -0.39 is 17.7 Å². The van der Waals surface area contributed by atoms with Crippen molar-refractivity contribution in [3.8, 4) is 0 Å². The molecule has 2 heterocycles. The fourth-order valence-electron chi connectivity index (χ4n) is 1.89. The number of hydrazine groups is 1. The van der Waals surface area contributed by atoms with Crippen LogP contribution in [-0.4, -0.2) is 37.0 Å². The summed E-state index contributed by atoms with van der Waals surface area (Å²) in [7, 11) is 0. The molecule has 7 heteroatoms. The van der Waals surface area contributed by atoms with Crippen LogP contribution in [0.5, 0.6) is 0 Å². The van der Waals surface area contributed by atoms with Crippen LogP contribution in [0.15, 0.2) is 0 Å². The Kier molecular flexibility index (Phi) is 3.58. The maximum Gasteiger partial charge on any atom is 0.251 e. The Hall–Kier alpha value is -1.63. The number of hydrogen-bond donors (Lipinski definition) is 3. The van der Waals surface area contributed by atoms with Crippen LogP contribution in [0.2, 0.25) is 0 Å². The van der Waals surface area contributed by atoms with E-state index in [1.807, 2.05) is 0 Å². The molecule has 2 saturated heterocycles. The first kappa shape index (κ1) is 11.8. The van der Waals surface area contributed by atoms with Crippen molar-refractivity contribution in [2.45, 2.75) is 25.4 Å². The number of nitrogens with one attached hydrogen (secondary N) is 3. The highest BCUT2D eigenvalue weighted by atomic mass is 16.5. The molecule has 2 aliphatic rings. The summed E-state index contributed by atoms with van der Waals surface area (Å²) < 4.78 is 5.34. The monoisotopic (exact) mass is 241 g/mol. The second-order valence-corrected chi connectivity index (χ2v) is 4.17. The number of amides is 3. The smallest absolute Gasteiger partial charge is 0.251 e. The lowest BCUT2D eigenvalue weighted by Crippen LogP contribution is -2.35. The van der Waals surface area contributed by atoms with Gasteiger partial charge in [-0.05, 0) is 12.8 Å². The zero-order chi connectivity index (χ0) is 12.3. The summed E-state index contributed by atoms with van der Waals surface area (Å²) in [6.45, 7) is 1.17. The molecule has 94 valence electrons. The molecule has 0 aromatic rings. The molecule has 7 nitrogen and oxygen atoms in total. The van der Waals surface area contributed by atoms with Gasteiger partial charge in [0, 0.05) is 19.6 Å². The van der Waals surface area contributed by atoms with Crippen molar-refractivity contribution in [3.63, 3.8) is 0 Å². The van der Waals surface area contributed by atoms with Gasteiger partial charge in [-0.3, -0.25) is 25.2 Å². The Balaban J connectivity index is 1.73. The Morgan fingerprint density at radius 1 is 1.35 bits per heavy atom. The Morgan fingerprint density at radius 3 is 2.65 bits per heavy atom. The van der Waals surface area contributed by atoms with E-state index in [2.05, 4.69) is 16.2 Å². The minimum atomic E-state index is -0.917. The van der Waals surface area contributed by atoms with Crippen LogP contribution < -0.4 is 16.2 Å². The Bertz CT molecular complexity index is 322. The van der Waals surface area contributed by atoms with Crippen LogP contribution in [0.1, 0.15) is 19.3 Å². The molecule has 0 aliphatic carbocycles. The number of ether oxygens (including phenoxy) is 1. The van der Waals surface area contributed by atoms with Crippen molar-refractivity contribution in [1.82, 2.24) is 16.2 Å². The lowest BCUT2D eigenvalue weighted by atomic mass is 10.1. The minimum Gasteiger partial charge on any atom is -0.376 e. The normalized spacial score (nSPS) is 24.6. The second-order valence-electron chi connectivity index (χ2n) is 4.17. The molecular formula is C10H15N3O4. The molecule has 2 fully saturated rings. The summed E-state index contributed by atoms with van der Waals surface area (Å²) in [5.41, 5.74) is 4.36. The molecule has 1 unspecified atom stereocenters. The molecule has 0 radical (unpaired) electrons. The molecule has 0 aromatic heterocycles. The molecule has 2 rings (SSSR count). The summed E-state index contributed by atoms with van der Waals surface area (Å²) in [5, 5.41) is 2.67. The summed E-state index contributed by atoms with van der Waals surface area (Å²) >= 11 is 0. The molecule has 1 atom stereocenters. The van der Waals surface area contributed by atoms with Crippen molar-refractivity contribution in [2.75, 3.05) is 13.2 Å². The van der Waals surface area contributed by atoms with Gasteiger partial charge < -0.3 is 10.1 Å². The maximum absolute atomic E-state index is 11.5. The van der Waals surface area contributed by atoms with E-state index in [-0.39, 0.29) is 18.4 Å². The quantitative estimate of drug-likeness (QED) is 0.519. The van der Waals surface area contributed by atoms with Crippen molar-refractivity contribution in [3.05, 3.63) is 0 Å². The van der Waals surface area contributed by atoms with Gasteiger partial charge in [0.1, 0.15) is 5.92 Å². The SMILES string of the molecule is O=C(CC1C(=O)NNC1=O)NCC1CCCO1. The summed E-state index contributed by atoms with van der Waals surface area (Å²) in [4.78, 5) is 33.9. The second kappa shape index (κ2) is 5.13. The third-order valence-electron chi connectivity index (χ3n) is 2.88. The first-order valence-electron chi connectivity index (χ1n) is 5.65. The first-order chi connectivity index (χ1) is 8.16. The summed E-state index contributed by atoms with van der Waals surface area (Å²) in [6, 6.07) is 0. The van der Waals surface area contributed by atoms with Crippen LogP contribution in [0.3, 0.4) is 0 Å². The van der Waals surface area contributed by atoms with Gasteiger partial charge in [0.15, 0.2) is 0 Å². The zero-order valence-corrected chi connectivity index (χ0v) is 9.32. The third kappa shape index (κ3) is 2.94. The van der Waals surface area contributed by atoms with Gasteiger partial charge in [-0.1, -0.05) is 0 Å². The molecule has 3 amide bonds. The van der Waals surface area contributed by atoms with E-state index in [4.69, 9.17) is 4.74 Å². The molecule has 17 heavy (non-hydrogen) atoms. The summed E-state index contributed by atoms with van der Waals surface area (Å²) in [5.74, 6) is -2.14.